The van der Waals surface area contributed by atoms with Crippen molar-refractivity contribution in [3.63, 3.8) is 0 Å². The maximum absolute atomic E-state index is 8.99. The Morgan fingerprint density at radius 1 is 1.47 bits per heavy atom. The predicted molar refractivity (Wildman–Crippen MR) is 70.2 cm³/mol. The van der Waals surface area contributed by atoms with Gasteiger partial charge in [-0.15, -0.1) is 0 Å². The van der Waals surface area contributed by atoms with Crippen LogP contribution in [-0.2, 0) is 4.74 Å². The van der Waals surface area contributed by atoms with Gasteiger partial charge in [0.25, 0.3) is 0 Å². The van der Waals surface area contributed by atoms with Crippen LogP contribution in [0.4, 0.5) is 0 Å². The van der Waals surface area contributed by atoms with Crippen LogP contribution in [0.3, 0.4) is 0 Å². The number of hydrogen-bond donors (Lipinski definition) is 3. The first-order valence-electron chi connectivity index (χ1n) is 6.85. The average Bonchev–Trinajstić information content (AvgIpc) is 2.30. The van der Waals surface area contributed by atoms with Crippen molar-refractivity contribution in [2.24, 2.45) is 0 Å². The Morgan fingerprint density at radius 3 is 2.88 bits per heavy atom. The Morgan fingerprint density at radius 2 is 2.29 bits per heavy atom. The normalized spacial score (nSPS) is 24.5. The summed E-state index contributed by atoms with van der Waals surface area (Å²) in [5, 5.41) is 16.1. The summed E-state index contributed by atoms with van der Waals surface area (Å²) in [6.45, 7) is 4.27. The second kappa shape index (κ2) is 8.86. The summed E-state index contributed by atoms with van der Waals surface area (Å²) in [5.41, 5.74) is 0. The van der Waals surface area contributed by atoms with Crippen molar-refractivity contribution in [2.45, 2.75) is 57.2 Å². The molecule has 1 aliphatic rings. The number of nitrogens with one attached hydrogen (secondary N) is 2. The Labute approximate surface area is 105 Å². The Kier molecular flexibility index (Phi) is 7.77. The van der Waals surface area contributed by atoms with Gasteiger partial charge in [0.1, 0.15) is 0 Å². The smallest absolute Gasteiger partial charge is 0.0616 e. The van der Waals surface area contributed by atoms with Crippen molar-refractivity contribution in [3.8, 4) is 0 Å². The lowest BCUT2D eigenvalue weighted by atomic mass is 9.98. The number of aliphatic hydroxyl groups is 1. The molecule has 0 aliphatic carbocycles. The van der Waals surface area contributed by atoms with Crippen LogP contribution in [0.5, 0.6) is 0 Å². The molecular formula is C13H28N2O2. The molecule has 0 radical (unpaired) electrons. The van der Waals surface area contributed by atoms with Crippen LogP contribution in [0.15, 0.2) is 0 Å². The Balaban J connectivity index is 2.22. The molecule has 3 atom stereocenters. The maximum Gasteiger partial charge on any atom is 0.0616 e. The van der Waals surface area contributed by atoms with E-state index in [2.05, 4.69) is 17.6 Å². The molecule has 0 saturated carbocycles. The number of rotatable bonds is 8. The molecule has 102 valence electrons. The molecule has 0 bridgehead atoms. The number of ether oxygens (including phenoxy) is 1. The standard InChI is InChI=1S/C13H28N2O2/c1-11(9-12-5-3-4-7-14-12)15-13(6-8-16)10-17-2/h11-16H,3-10H2,1-2H3. The third kappa shape index (κ3) is 6.36. The molecule has 0 aromatic heterocycles. The fraction of sp³-hybridized carbons (Fsp3) is 1.00. The van der Waals surface area contributed by atoms with Gasteiger partial charge in [0, 0.05) is 31.8 Å². The second-order valence-corrected chi connectivity index (χ2v) is 5.11. The molecule has 4 nitrogen and oxygen atoms in total. The molecule has 3 unspecified atom stereocenters. The molecule has 1 fully saturated rings. The lowest BCUT2D eigenvalue weighted by Gasteiger charge is -2.29. The summed E-state index contributed by atoms with van der Waals surface area (Å²) in [5.74, 6) is 0. The highest BCUT2D eigenvalue weighted by Gasteiger charge is 2.18. The summed E-state index contributed by atoms with van der Waals surface area (Å²) in [6, 6.07) is 1.39. The van der Waals surface area contributed by atoms with E-state index in [-0.39, 0.29) is 12.6 Å². The Hall–Kier alpha value is -0.160. The van der Waals surface area contributed by atoms with Gasteiger partial charge in [0.05, 0.1) is 6.61 Å². The number of methoxy groups -OCH3 is 1. The van der Waals surface area contributed by atoms with Crippen molar-refractivity contribution in [2.75, 3.05) is 26.9 Å². The van der Waals surface area contributed by atoms with E-state index in [0.717, 1.165) is 19.4 Å². The molecule has 1 rings (SSSR count). The van der Waals surface area contributed by atoms with Crippen LogP contribution in [0.2, 0.25) is 0 Å². The topological polar surface area (TPSA) is 53.5 Å². The zero-order chi connectivity index (χ0) is 12.5. The van der Waals surface area contributed by atoms with E-state index in [0.29, 0.717) is 18.7 Å². The summed E-state index contributed by atoms with van der Waals surface area (Å²) in [4.78, 5) is 0. The van der Waals surface area contributed by atoms with E-state index in [1.54, 1.807) is 7.11 Å². The second-order valence-electron chi connectivity index (χ2n) is 5.11. The van der Waals surface area contributed by atoms with Crippen LogP contribution in [0.1, 0.15) is 39.0 Å². The minimum Gasteiger partial charge on any atom is -0.396 e. The van der Waals surface area contributed by atoms with Gasteiger partial charge in [-0.05, 0) is 39.2 Å². The predicted octanol–water partition coefficient (Wildman–Crippen LogP) is 0.894. The number of piperidine rings is 1. The lowest BCUT2D eigenvalue weighted by Crippen LogP contribution is -2.44. The highest BCUT2D eigenvalue weighted by atomic mass is 16.5. The number of aliphatic hydroxyl groups excluding tert-OH is 1. The van der Waals surface area contributed by atoms with Gasteiger partial charge < -0.3 is 20.5 Å². The van der Waals surface area contributed by atoms with Gasteiger partial charge >= 0.3 is 0 Å². The van der Waals surface area contributed by atoms with Gasteiger partial charge in [0.15, 0.2) is 0 Å². The SMILES string of the molecule is COCC(CCO)NC(C)CC1CCCCN1. The summed E-state index contributed by atoms with van der Waals surface area (Å²) >= 11 is 0. The third-order valence-corrected chi connectivity index (χ3v) is 3.42. The average molecular weight is 244 g/mol. The largest absolute Gasteiger partial charge is 0.396 e. The van der Waals surface area contributed by atoms with E-state index in [9.17, 15) is 0 Å². The quantitative estimate of drug-likeness (QED) is 0.594. The molecule has 3 N–H and O–H groups in total. The fourth-order valence-corrected chi connectivity index (χ4v) is 2.59. The first kappa shape index (κ1) is 14.9. The molecule has 0 spiro atoms. The van der Waals surface area contributed by atoms with Gasteiger partial charge in [-0.1, -0.05) is 6.42 Å². The minimum atomic E-state index is 0.218. The zero-order valence-corrected chi connectivity index (χ0v) is 11.2. The van der Waals surface area contributed by atoms with E-state index >= 15 is 0 Å². The highest BCUT2D eigenvalue weighted by molar-refractivity contribution is 4.79. The van der Waals surface area contributed by atoms with Crippen molar-refractivity contribution in [1.82, 2.24) is 10.6 Å². The van der Waals surface area contributed by atoms with Crippen LogP contribution < -0.4 is 10.6 Å². The van der Waals surface area contributed by atoms with Crippen LogP contribution in [0.25, 0.3) is 0 Å². The first-order valence-corrected chi connectivity index (χ1v) is 6.85. The minimum absolute atomic E-state index is 0.218. The summed E-state index contributed by atoms with van der Waals surface area (Å²) in [7, 11) is 1.71. The van der Waals surface area contributed by atoms with E-state index < -0.39 is 0 Å². The molecule has 0 amide bonds. The Bertz CT molecular complexity index is 178. The lowest BCUT2D eigenvalue weighted by molar-refractivity contribution is 0.141. The van der Waals surface area contributed by atoms with Crippen molar-refractivity contribution >= 4 is 0 Å². The van der Waals surface area contributed by atoms with Gasteiger partial charge in [0.2, 0.25) is 0 Å². The van der Waals surface area contributed by atoms with E-state index in [1.165, 1.54) is 19.3 Å². The molecule has 17 heavy (non-hydrogen) atoms. The monoisotopic (exact) mass is 244 g/mol. The third-order valence-electron chi connectivity index (χ3n) is 3.42. The van der Waals surface area contributed by atoms with Gasteiger partial charge in [-0.3, -0.25) is 0 Å². The molecule has 0 aromatic carbocycles. The molecule has 1 heterocycles. The fourth-order valence-electron chi connectivity index (χ4n) is 2.59. The number of hydrogen-bond acceptors (Lipinski definition) is 4. The molecule has 4 heteroatoms. The van der Waals surface area contributed by atoms with Crippen molar-refractivity contribution in [3.05, 3.63) is 0 Å². The van der Waals surface area contributed by atoms with Crippen LogP contribution in [-0.4, -0.2) is 50.1 Å². The van der Waals surface area contributed by atoms with E-state index in [4.69, 9.17) is 9.84 Å². The zero-order valence-electron chi connectivity index (χ0n) is 11.2. The van der Waals surface area contributed by atoms with E-state index in [1.807, 2.05) is 0 Å². The maximum atomic E-state index is 8.99. The van der Waals surface area contributed by atoms with Crippen molar-refractivity contribution < 1.29 is 9.84 Å². The van der Waals surface area contributed by atoms with Crippen LogP contribution in [0, 0.1) is 0 Å². The van der Waals surface area contributed by atoms with Gasteiger partial charge in [-0.25, -0.2) is 0 Å². The van der Waals surface area contributed by atoms with Crippen LogP contribution >= 0.6 is 0 Å². The molecule has 1 saturated heterocycles. The van der Waals surface area contributed by atoms with Gasteiger partial charge in [-0.2, -0.15) is 0 Å². The summed E-state index contributed by atoms with van der Waals surface area (Å²) in [6.07, 6.45) is 5.88. The first-order chi connectivity index (χ1) is 8.26. The van der Waals surface area contributed by atoms with Crippen molar-refractivity contribution in [1.29, 1.82) is 0 Å². The molecule has 0 aromatic rings. The highest BCUT2D eigenvalue weighted by Crippen LogP contribution is 2.12. The summed E-state index contributed by atoms with van der Waals surface area (Å²) < 4.78 is 5.16. The molecule has 1 aliphatic heterocycles. The molecular weight excluding hydrogens is 216 g/mol.